The predicted molar refractivity (Wildman–Crippen MR) is 109 cm³/mol. The maximum Gasteiger partial charge on any atom is 0.416 e. The fourth-order valence-corrected chi connectivity index (χ4v) is 5.63. The molecule has 0 aliphatic heterocycles. The number of hydrogen-bond acceptors (Lipinski definition) is 4. The van der Waals surface area contributed by atoms with E-state index in [0.29, 0.717) is 9.90 Å². The number of amides is 1. The molecule has 0 spiro atoms. The molecule has 1 heterocycles. The van der Waals surface area contributed by atoms with Gasteiger partial charge >= 0.3 is 6.18 Å². The minimum atomic E-state index is -4.51. The number of halogens is 4. The van der Waals surface area contributed by atoms with E-state index in [9.17, 15) is 26.4 Å². The molecule has 0 bridgehead atoms. The van der Waals surface area contributed by atoms with Crippen molar-refractivity contribution in [2.24, 2.45) is 0 Å². The lowest BCUT2D eigenvalue weighted by molar-refractivity contribution is -0.137. The smallest absolute Gasteiger partial charge is 0.350 e. The number of alkyl halides is 3. The van der Waals surface area contributed by atoms with E-state index >= 15 is 0 Å². The molecule has 0 aliphatic rings. The van der Waals surface area contributed by atoms with Gasteiger partial charge in [0, 0.05) is 22.0 Å². The third kappa shape index (κ3) is 5.03. The maximum atomic E-state index is 13.1. The van der Waals surface area contributed by atoms with Crippen molar-refractivity contribution in [3.8, 4) is 0 Å². The third-order valence-corrected chi connectivity index (χ3v) is 7.79. The second-order valence-electron chi connectivity index (χ2n) is 6.29. The molecule has 1 N–H and O–H groups in total. The van der Waals surface area contributed by atoms with E-state index < -0.39 is 32.7 Å². The average molecular weight is 474 g/mol. The van der Waals surface area contributed by atoms with Gasteiger partial charge in [-0.2, -0.15) is 13.2 Å². The molecule has 0 fully saturated rings. The van der Waals surface area contributed by atoms with Crippen molar-refractivity contribution in [1.29, 1.82) is 0 Å². The number of sulfone groups is 1. The summed E-state index contributed by atoms with van der Waals surface area (Å²) in [5, 5.41) is 3.56. The predicted octanol–water partition coefficient (Wildman–Crippen LogP) is 5.37. The summed E-state index contributed by atoms with van der Waals surface area (Å²) in [4.78, 5) is 13.0. The van der Waals surface area contributed by atoms with Crippen LogP contribution in [0, 0.1) is 0 Å². The van der Waals surface area contributed by atoms with E-state index in [1.165, 1.54) is 35.6 Å². The van der Waals surface area contributed by atoms with Crippen molar-refractivity contribution < 1.29 is 26.4 Å². The maximum absolute atomic E-state index is 13.1. The number of thiophene rings is 1. The van der Waals surface area contributed by atoms with Crippen molar-refractivity contribution in [2.75, 3.05) is 6.54 Å². The van der Waals surface area contributed by atoms with E-state index in [4.69, 9.17) is 11.6 Å². The highest BCUT2D eigenvalue weighted by Crippen LogP contribution is 2.32. The Hall–Kier alpha value is -2.36. The van der Waals surface area contributed by atoms with Gasteiger partial charge in [0.1, 0.15) is 5.25 Å². The first-order valence-corrected chi connectivity index (χ1v) is 11.4. The van der Waals surface area contributed by atoms with E-state index in [1.807, 2.05) is 0 Å². The standard InChI is InChI=1S/C20H15ClF3NO3S2/c21-15-7-9-16(10-8-15)30(27,28)18(17-2-1-11-29-17)12-25-19(26)13-3-5-14(6-4-13)20(22,23)24/h1-11,18H,12H2,(H,25,26). The molecule has 1 aromatic heterocycles. The van der Waals surface area contributed by atoms with Crippen LogP contribution >= 0.6 is 22.9 Å². The molecule has 0 aliphatic carbocycles. The molecule has 0 saturated heterocycles. The second-order valence-corrected chi connectivity index (χ2v) is 9.83. The summed E-state index contributed by atoms with van der Waals surface area (Å²) in [5.74, 6) is -0.670. The second kappa shape index (κ2) is 8.79. The van der Waals surface area contributed by atoms with Gasteiger partial charge in [-0.3, -0.25) is 4.79 Å². The number of rotatable bonds is 6. The van der Waals surface area contributed by atoms with Gasteiger partial charge in [-0.05, 0) is 60.0 Å². The van der Waals surface area contributed by atoms with Crippen molar-refractivity contribution in [1.82, 2.24) is 5.32 Å². The van der Waals surface area contributed by atoms with Crippen LogP contribution in [0.4, 0.5) is 13.2 Å². The summed E-state index contributed by atoms with van der Waals surface area (Å²) >= 11 is 7.06. The van der Waals surface area contributed by atoms with Crippen LogP contribution in [0.25, 0.3) is 0 Å². The number of benzene rings is 2. The summed E-state index contributed by atoms with van der Waals surface area (Å²) in [5.41, 5.74) is -0.877. The van der Waals surface area contributed by atoms with Gasteiger partial charge in [0.05, 0.1) is 10.5 Å². The van der Waals surface area contributed by atoms with Crippen molar-refractivity contribution in [3.05, 3.63) is 87.1 Å². The van der Waals surface area contributed by atoms with Gasteiger partial charge in [-0.15, -0.1) is 11.3 Å². The van der Waals surface area contributed by atoms with Gasteiger partial charge in [0.25, 0.3) is 5.91 Å². The van der Waals surface area contributed by atoms with Crippen LogP contribution < -0.4 is 5.32 Å². The summed E-state index contributed by atoms with van der Waals surface area (Å²) in [6, 6.07) is 12.7. The Morgan fingerprint density at radius 2 is 1.67 bits per heavy atom. The summed E-state index contributed by atoms with van der Waals surface area (Å²) in [7, 11) is -3.86. The fourth-order valence-electron chi connectivity index (χ4n) is 2.72. The summed E-state index contributed by atoms with van der Waals surface area (Å²) in [6.45, 7) is -0.245. The SMILES string of the molecule is O=C(NCC(c1cccs1)S(=O)(=O)c1ccc(Cl)cc1)c1ccc(C(F)(F)F)cc1. The van der Waals surface area contributed by atoms with Gasteiger partial charge in [-0.1, -0.05) is 17.7 Å². The summed E-state index contributed by atoms with van der Waals surface area (Å²) < 4.78 is 64.3. The first-order valence-electron chi connectivity index (χ1n) is 8.57. The highest BCUT2D eigenvalue weighted by Gasteiger charge is 2.32. The zero-order valence-corrected chi connectivity index (χ0v) is 17.6. The first-order chi connectivity index (χ1) is 14.1. The van der Waals surface area contributed by atoms with Crippen molar-refractivity contribution in [2.45, 2.75) is 16.3 Å². The van der Waals surface area contributed by atoms with E-state index in [2.05, 4.69) is 5.32 Å². The molecule has 158 valence electrons. The van der Waals surface area contributed by atoms with Gasteiger partial charge in [-0.25, -0.2) is 8.42 Å². The van der Waals surface area contributed by atoms with Crippen LogP contribution in [-0.2, 0) is 16.0 Å². The van der Waals surface area contributed by atoms with E-state index in [0.717, 1.165) is 24.3 Å². The lowest BCUT2D eigenvalue weighted by Crippen LogP contribution is -2.31. The molecule has 1 atom stereocenters. The lowest BCUT2D eigenvalue weighted by atomic mass is 10.1. The largest absolute Gasteiger partial charge is 0.416 e. The minimum absolute atomic E-state index is 0.00294. The highest BCUT2D eigenvalue weighted by molar-refractivity contribution is 7.91. The lowest BCUT2D eigenvalue weighted by Gasteiger charge is -2.18. The Labute approximate surface area is 180 Å². The van der Waals surface area contributed by atoms with Crippen molar-refractivity contribution >= 4 is 38.7 Å². The van der Waals surface area contributed by atoms with Crippen molar-refractivity contribution in [3.63, 3.8) is 0 Å². The van der Waals surface area contributed by atoms with E-state index in [1.54, 1.807) is 17.5 Å². The number of carbonyl (C=O) groups is 1. The average Bonchev–Trinajstić information content (AvgIpc) is 3.22. The van der Waals surface area contributed by atoms with Gasteiger partial charge in [0.2, 0.25) is 0 Å². The first kappa shape index (κ1) is 22.3. The fraction of sp³-hybridized carbons (Fsp3) is 0.150. The Morgan fingerprint density at radius 3 is 2.20 bits per heavy atom. The molecule has 3 rings (SSSR count). The molecule has 0 saturated carbocycles. The van der Waals surface area contributed by atoms with E-state index in [-0.39, 0.29) is 17.0 Å². The molecule has 4 nitrogen and oxygen atoms in total. The Bertz CT molecular complexity index is 1110. The number of hydrogen-bond donors (Lipinski definition) is 1. The Morgan fingerprint density at radius 1 is 1.03 bits per heavy atom. The molecule has 30 heavy (non-hydrogen) atoms. The monoisotopic (exact) mass is 473 g/mol. The zero-order valence-electron chi connectivity index (χ0n) is 15.2. The van der Waals surface area contributed by atoms with Crippen LogP contribution in [0.2, 0.25) is 5.02 Å². The van der Waals surface area contributed by atoms with Crippen LogP contribution in [0.1, 0.15) is 26.0 Å². The molecule has 0 radical (unpaired) electrons. The van der Waals surface area contributed by atoms with Crippen LogP contribution in [0.5, 0.6) is 0 Å². The van der Waals surface area contributed by atoms with Crippen LogP contribution in [-0.4, -0.2) is 20.9 Å². The summed E-state index contributed by atoms with van der Waals surface area (Å²) in [6.07, 6.45) is -4.51. The normalized spacial score (nSPS) is 13.1. The number of carbonyl (C=O) groups excluding carboxylic acids is 1. The molecule has 1 unspecified atom stereocenters. The molecule has 10 heteroatoms. The molecule has 1 amide bonds. The van der Waals surface area contributed by atoms with Gasteiger partial charge < -0.3 is 5.32 Å². The van der Waals surface area contributed by atoms with Crippen LogP contribution in [0.3, 0.4) is 0 Å². The topological polar surface area (TPSA) is 63.2 Å². The quantitative estimate of drug-likeness (QED) is 0.524. The molecular weight excluding hydrogens is 459 g/mol. The van der Waals surface area contributed by atoms with Gasteiger partial charge in [0.15, 0.2) is 9.84 Å². The Kier molecular flexibility index (Phi) is 6.54. The Balaban J connectivity index is 1.81. The minimum Gasteiger partial charge on any atom is -0.350 e. The molecular formula is C20H15ClF3NO3S2. The molecule has 3 aromatic rings. The number of nitrogens with one attached hydrogen (secondary N) is 1. The zero-order chi connectivity index (χ0) is 21.9. The van der Waals surface area contributed by atoms with Crippen LogP contribution in [0.15, 0.2) is 70.9 Å². The highest BCUT2D eigenvalue weighted by atomic mass is 35.5. The molecule has 2 aromatic carbocycles. The third-order valence-electron chi connectivity index (χ3n) is 4.30.